The van der Waals surface area contributed by atoms with Crippen LogP contribution in [0.4, 0.5) is 4.39 Å². The Morgan fingerprint density at radius 2 is 2.05 bits per heavy atom. The topological polar surface area (TPSA) is 35.5 Å². The molecule has 4 heteroatoms. The molecule has 0 fully saturated rings. The molecule has 0 aliphatic carbocycles. The lowest BCUT2D eigenvalue weighted by Gasteiger charge is -2.25. The van der Waals surface area contributed by atoms with Crippen molar-refractivity contribution in [2.75, 3.05) is 20.1 Å². The molecule has 0 saturated carbocycles. The highest BCUT2D eigenvalue weighted by Gasteiger charge is 2.13. The molecule has 0 amide bonds. The Kier molecular flexibility index (Phi) is 5.91. The smallest absolute Gasteiger partial charge is 0.123 e. The summed E-state index contributed by atoms with van der Waals surface area (Å²) in [4.78, 5) is 1.99. The van der Waals surface area contributed by atoms with Gasteiger partial charge in [0, 0.05) is 25.2 Å². The minimum absolute atomic E-state index is 0.00209. The van der Waals surface area contributed by atoms with Gasteiger partial charge in [-0.05, 0) is 45.5 Å². The van der Waals surface area contributed by atoms with Gasteiger partial charge in [0.05, 0.1) is 6.10 Å². The molecule has 1 rings (SSSR count). The molecule has 0 bridgehead atoms. The molecule has 1 unspecified atom stereocenters. The number of nitrogens with zero attached hydrogens (tertiary/aromatic N) is 1. The fraction of sp³-hybridized carbons (Fsp3) is 0.600. The summed E-state index contributed by atoms with van der Waals surface area (Å²) in [6, 6.07) is 6.55. The summed E-state index contributed by atoms with van der Waals surface area (Å²) < 4.78 is 13.1. The summed E-state index contributed by atoms with van der Waals surface area (Å²) in [5.74, 6) is -0.221. The van der Waals surface area contributed by atoms with Crippen molar-refractivity contribution in [3.8, 4) is 0 Å². The lowest BCUT2D eigenvalue weighted by Crippen LogP contribution is -2.44. The third kappa shape index (κ3) is 7.25. The molecular weight excluding hydrogens is 243 g/mol. The number of β-amino-alcohol motifs (C(OH)–C–C–N with tert-alkyl or cyclic N) is 1. The molecule has 0 heterocycles. The quantitative estimate of drug-likeness (QED) is 0.828. The third-order valence-electron chi connectivity index (χ3n) is 2.73. The number of aliphatic hydroxyl groups is 1. The number of benzene rings is 1. The summed E-state index contributed by atoms with van der Waals surface area (Å²) >= 11 is 0. The highest BCUT2D eigenvalue weighted by Crippen LogP contribution is 2.06. The summed E-state index contributed by atoms with van der Waals surface area (Å²) in [5.41, 5.74) is 0.917. The maximum atomic E-state index is 13.1. The second-order valence-corrected chi connectivity index (χ2v) is 6.11. The fourth-order valence-corrected chi connectivity index (χ4v) is 1.86. The van der Waals surface area contributed by atoms with Crippen LogP contribution in [0.2, 0.25) is 0 Å². The molecule has 0 radical (unpaired) electrons. The summed E-state index contributed by atoms with van der Waals surface area (Å²) in [6.45, 7) is 7.93. The van der Waals surface area contributed by atoms with Gasteiger partial charge in [-0.2, -0.15) is 0 Å². The van der Waals surface area contributed by atoms with Crippen molar-refractivity contribution < 1.29 is 9.50 Å². The van der Waals surface area contributed by atoms with Gasteiger partial charge in [0.25, 0.3) is 0 Å². The summed E-state index contributed by atoms with van der Waals surface area (Å²) in [7, 11) is 1.92. The van der Waals surface area contributed by atoms with Gasteiger partial charge in [0.15, 0.2) is 0 Å². The predicted octanol–water partition coefficient (Wildman–Crippen LogP) is 2.01. The zero-order chi connectivity index (χ0) is 14.5. The number of nitrogens with one attached hydrogen (secondary N) is 1. The van der Waals surface area contributed by atoms with Crippen LogP contribution in [0.25, 0.3) is 0 Å². The zero-order valence-corrected chi connectivity index (χ0v) is 12.3. The van der Waals surface area contributed by atoms with E-state index in [0.717, 1.165) is 5.56 Å². The highest BCUT2D eigenvalue weighted by molar-refractivity contribution is 5.16. The number of aliphatic hydroxyl groups excluding tert-OH is 1. The standard InChI is InChI=1S/C15H25FN2O/c1-15(2,3)17-9-14(19)11-18(4)10-12-6-5-7-13(16)8-12/h5-8,14,17,19H,9-11H2,1-4H3. The minimum Gasteiger partial charge on any atom is -0.390 e. The molecule has 3 nitrogen and oxygen atoms in total. The number of hydrogen-bond donors (Lipinski definition) is 2. The molecule has 1 atom stereocenters. The Morgan fingerprint density at radius 1 is 1.37 bits per heavy atom. The van der Waals surface area contributed by atoms with Crippen LogP contribution in [0.3, 0.4) is 0 Å². The largest absolute Gasteiger partial charge is 0.390 e. The van der Waals surface area contributed by atoms with Crippen LogP contribution in [0.15, 0.2) is 24.3 Å². The Hall–Kier alpha value is -0.970. The van der Waals surface area contributed by atoms with Gasteiger partial charge in [-0.3, -0.25) is 4.90 Å². The van der Waals surface area contributed by atoms with Crippen molar-refractivity contribution in [3.63, 3.8) is 0 Å². The number of halogens is 1. The van der Waals surface area contributed by atoms with Gasteiger partial charge in [0.2, 0.25) is 0 Å². The maximum Gasteiger partial charge on any atom is 0.123 e. The molecule has 0 spiro atoms. The van der Waals surface area contributed by atoms with Crippen molar-refractivity contribution in [1.29, 1.82) is 0 Å². The Labute approximate surface area is 115 Å². The van der Waals surface area contributed by atoms with E-state index < -0.39 is 6.10 Å². The van der Waals surface area contributed by atoms with Crippen LogP contribution in [-0.2, 0) is 6.54 Å². The molecule has 19 heavy (non-hydrogen) atoms. The molecule has 0 saturated heterocycles. The molecule has 1 aromatic rings. The monoisotopic (exact) mass is 268 g/mol. The van der Waals surface area contributed by atoms with Crippen LogP contribution in [-0.4, -0.2) is 41.8 Å². The van der Waals surface area contributed by atoms with Crippen molar-refractivity contribution in [1.82, 2.24) is 10.2 Å². The van der Waals surface area contributed by atoms with E-state index in [1.165, 1.54) is 12.1 Å². The molecular formula is C15H25FN2O. The van der Waals surface area contributed by atoms with E-state index in [1.807, 2.05) is 18.0 Å². The van der Waals surface area contributed by atoms with E-state index in [4.69, 9.17) is 0 Å². The average Bonchev–Trinajstić information content (AvgIpc) is 2.25. The SMILES string of the molecule is CN(Cc1cccc(F)c1)CC(O)CNC(C)(C)C. The van der Waals surface area contributed by atoms with Crippen LogP contribution in [0.1, 0.15) is 26.3 Å². The summed E-state index contributed by atoms with van der Waals surface area (Å²) in [5, 5.41) is 13.2. The molecule has 108 valence electrons. The van der Waals surface area contributed by atoms with E-state index >= 15 is 0 Å². The molecule has 0 aliphatic rings. The lowest BCUT2D eigenvalue weighted by molar-refractivity contribution is 0.114. The molecule has 0 aliphatic heterocycles. The molecule has 2 N–H and O–H groups in total. The van der Waals surface area contributed by atoms with E-state index in [0.29, 0.717) is 19.6 Å². The van der Waals surface area contributed by atoms with Crippen LogP contribution >= 0.6 is 0 Å². The van der Waals surface area contributed by atoms with E-state index in [-0.39, 0.29) is 11.4 Å². The van der Waals surface area contributed by atoms with Crippen LogP contribution in [0.5, 0.6) is 0 Å². The minimum atomic E-state index is -0.433. The number of rotatable bonds is 6. The van der Waals surface area contributed by atoms with E-state index in [9.17, 15) is 9.50 Å². The Balaban J connectivity index is 2.36. The zero-order valence-electron chi connectivity index (χ0n) is 12.3. The highest BCUT2D eigenvalue weighted by atomic mass is 19.1. The summed E-state index contributed by atoms with van der Waals surface area (Å²) in [6.07, 6.45) is -0.433. The van der Waals surface area contributed by atoms with Crippen molar-refractivity contribution in [2.45, 2.75) is 39.0 Å². The van der Waals surface area contributed by atoms with Gasteiger partial charge in [-0.1, -0.05) is 12.1 Å². The fourth-order valence-electron chi connectivity index (χ4n) is 1.86. The van der Waals surface area contributed by atoms with Crippen LogP contribution in [0, 0.1) is 5.82 Å². The van der Waals surface area contributed by atoms with E-state index in [2.05, 4.69) is 26.1 Å². The molecule has 0 aromatic heterocycles. The predicted molar refractivity (Wildman–Crippen MR) is 76.5 cm³/mol. The first kappa shape index (κ1) is 16.1. The Bertz CT molecular complexity index is 390. The second-order valence-electron chi connectivity index (χ2n) is 6.11. The van der Waals surface area contributed by atoms with Crippen LogP contribution < -0.4 is 5.32 Å². The Morgan fingerprint density at radius 3 is 2.63 bits per heavy atom. The van der Waals surface area contributed by atoms with Gasteiger partial charge in [0.1, 0.15) is 5.82 Å². The van der Waals surface area contributed by atoms with Gasteiger partial charge < -0.3 is 10.4 Å². The van der Waals surface area contributed by atoms with E-state index in [1.54, 1.807) is 6.07 Å². The van der Waals surface area contributed by atoms with Gasteiger partial charge in [-0.25, -0.2) is 4.39 Å². The molecule has 1 aromatic carbocycles. The maximum absolute atomic E-state index is 13.1. The first-order valence-electron chi connectivity index (χ1n) is 6.62. The third-order valence-corrected chi connectivity index (χ3v) is 2.73. The second kappa shape index (κ2) is 6.98. The lowest BCUT2D eigenvalue weighted by atomic mass is 10.1. The van der Waals surface area contributed by atoms with Gasteiger partial charge in [-0.15, -0.1) is 0 Å². The first-order chi connectivity index (χ1) is 8.76. The van der Waals surface area contributed by atoms with Crippen molar-refractivity contribution >= 4 is 0 Å². The normalized spacial score (nSPS) is 13.8. The number of hydrogen-bond acceptors (Lipinski definition) is 3. The van der Waals surface area contributed by atoms with Crippen molar-refractivity contribution in [3.05, 3.63) is 35.6 Å². The first-order valence-corrected chi connectivity index (χ1v) is 6.62. The van der Waals surface area contributed by atoms with Crippen molar-refractivity contribution in [2.24, 2.45) is 0 Å². The number of likely N-dealkylation sites (N-methyl/N-ethyl adjacent to an activating group) is 1. The van der Waals surface area contributed by atoms with Gasteiger partial charge >= 0.3 is 0 Å². The average molecular weight is 268 g/mol.